The summed E-state index contributed by atoms with van der Waals surface area (Å²) in [5.74, 6) is 0.721. The smallest absolute Gasteiger partial charge is 0.253 e. The van der Waals surface area contributed by atoms with Gasteiger partial charge < -0.3 is 29.6 Å². The van der Waals surface area contributed by atoms with Crippen LogP contribution in [0.25, 0.3) is 10.9 Å². The van der Waals surface area contributed by atoms with Crippen molar-refractivity contribution < 1.29 is 9.47 Å². The van der Waals surface area contributed by atoms with Crippen molar-refractivity contribution in [2.24, 2.45) is 0 Å². The fourth-order valence-electron chi connectivity index (χ4n) is 3.94. The SMILES string of the molecule is COc1ccc2cc(CN(CCCN(C)C)C(=S)NCCCN3CCOCC3)c(=O)[nH]c2c1. The summed E-state index contributed by atoms with van der Waals surface area (Å²) in [5.41, 5.74) is 1.38. The van der Waals surface area contributed by atoms with Gasteiger partial charge in [-0.25, -0.2) is 0 Å². The molecule has 0 saturated carbocycles. The van der Waals surface area contributed by atoms with E-state index >= 15 is 0 Å². The number of aromatic amines is 1. The fraction of sp³-hybridized carbons (Fsp3) is 0.583. The molecule has 1 saturated heterocycles. The second kappa shape index (κ2) is 12.9. The lowest BCUT2D eigenvalue weighted by Crippen LogP contribution is -2.43. The number of aromatic nitrogens is 1. The summed E-state index contributed by atoms with van der Waals surface area (Å²) in [7, 11) is 5.75. The third kappa shape index (κ3) is 7.96. The number of benzene rings is 1. The summed E-state index contributed by atoms with van der Waals surface area (Å²) in [5, 5.41) is 5.08. The van der Waals surface area contributed by atoms with Crippen LogP contribution in [0.5, 0.6) is 5.75 Å². The van der Waals surface area contributed by atoms with Crippen molar-refractivity contribution in [3.8, 4) is 5.75 Å². The third-order valence-corrected chi connectivity index (χ3v) is 6.25. The normalized spacial score (nSPS) is 14.5. The Kier molecular flexibility index (Phi) is 9.93. The molecule has 182 valence electrons. The van der Waals surface area contributed by atoms with Gasteiger partial charge in [0, 0.05) is 37.8 Å². The van der Waals surface area contributed by atoms with Gasteiger partial charge in [0.25, 0.3) is 5.56 Å². The molecule has 2 N–H and O–H groups in total. The quantitative estimate of drug-likeness (QED) is 0.377. The minimum Gasteiger partial charge on any atom is -0.497 e. The summed E-state index contributed by atoms with van der Waals surface area (Å²) in [6.07, 6.45) is 1.98. The van der Waals surface area contributed by atoms with Gasteiger partial charge in [-0.1, -0.05) is 0 Å². The molecular formula is C24H37N5O3S. The van der Waals surface area contributed by atoms with E-state index in [-0.39, 0.29) is 5.56 Å². The van der Waals surface area contributed by atoms with Gasteiger partial charge in [0.2, 0.25) is 0 Å². The van der Waals surface area contributed by atoms with E-state index in [0.29, 0.717) is 17.2 Å². The first kappa shape index (κ1) is 25.4. The first-order valence-corrected chi connectivity index (χ1v) is 12.0. The summed E-state index contributed by atoms with van der Waals surface area (Å²) in [4.78, 5) is 22.5. The van der Waals surface area contributed by atoms with Crippen LogP contribution >= 0.6 is 12.2 Å². The van der Waals surface area contributed by atoms with Crippen molar-refractivity contribution in [3.05, 3.63) is 40.2 Å². The maximum atomic E-state index is 12.8. The largest absolute Gasteiger partial charge is 0.497 e. The molecule has 0 unspecified atom stereocenters. The Hall–Kier alpha value is -2.20. The van der Waals surface area contributed by atoms with Gasteiger partial charge in [-0.15, -0.1) is 0 Å². The van der Waals surface area contributed by atoms with Crippen molar-refractivity contribution in [1.82, 2.24) is 25.0 Å². The number of thiocarbonyl (C=S) groups is 1. The van der Waals surface area contributed by atoms with Crippen LogP contribution in [0.2, 0.25) is 0 Å². The molecule has 33 heavy (non-hydrogen) atoms. The highest BCUT2D eigenvalue weighted by Gasteiger charge is 2.14. The molecule has 0 atom stereocenters. The molecule has 3 rings (SSSR count). The molecular weight excluding hydrogens is 438 g/mol. The Morgan fingerprint density at radius 3 is 2.73 bits per heavy atom. The lowest BCUT2D eigenvalue weighted by Gasteiger charge is -2.28. The number of methoxy groups -OCH3 is 1. The molecule has 1 fully saturated rings. The number of fused-ring (bicyclic) bond motifs is 1. The highest BCUT2D eigenvalue weighted by molar-refractivity contribution is 7.80. The molecule has 9 heteroatoms. The highest BCUT2D eigenvalue weighted by atomic mass is 32.1. The van der Waals surface area contributed by atoms with Gasteiger partial charge >= 0.3 is 0 Å². The molecule has 1 aromatic carbocycles. The molecule has 0 bridgehead atoms. The van der Waals surface area contributed by atoms with Crippen LogP contribution in [0, 0.1) is 0 Å². The number of pyridine rings is 1. The minimum atomic E-state index is -0.0940. The Labute approximate surface area is 201 Å². The summed E-state index contributed by atoms with van der Waals surface area (Å²) in [6.45, 7) is 7.70. The summed E-state index contributed by atoms with van der Waals surface area (Å²) >= 11 is 5.73. The molecule has 0 amide bonds. The molecule has 0 spiro atoms. The van der Waals surface area contributed by atoms with E-state index in [1.807, 2.05) is 24.3 Å². The van der Waals surface area contributed by atoms with Crippen LogP contribution in [0.15, 0.2) is 29.1 Å². The fourth-order valence-corrected chi connectivity index (χ4v) is 4.20. The molecule has 1 aromatic heterocycles. The van der Waals surface area contributed by atoms with E-state index in [2.05, 4.69) is 39.1 Å². The zero-order valence-corrected chi connectivity index (χ0v) is 20.9. The topological polar surface area (TPSA) is 73.1 Å². The van der Waals surface area contributed by atoms with Gasteiger partial charge in [0.1, 0.15) is 5.75 Å². The van der Waals surface area contributed by atoms with E-state index in [4.69, 9.17) is 21.7 Å². The van der Waals surface area contributed by atoms with E-state index < -0.39 is 0 Å². The van der Waals surface area contributed by atoms with Crippen LogP contribution in [0.1, 0.15) is 18.4 Å². The van der Waals surface area contributed by atoms with E-state index in [0.717, 1.165) is 82.0 Å². The molecule has 0 radical (unpaired) electrons. The van der Waals surface area contributed by atoms with Crippen molar-refractivity contribution in [3.63, 3.8) is 0 Å². The number of morpholine rings is 1. The Bertz CT molecular complexity index is 959. The van der Waals surface area contributed by atoms with Crippen LogP contribution in [-0.2, 0) is 11.3 Å². The average molecular weight is 476 g/mol. The van der Waals surface area contributed by atoms with E-state index in [1.165, 1.54) is 0 Å². The second-order valence-corrected chi connectivity index (χ2v) is 9.08. The first-order chi connectivity index (χ1) is 16.0. The Morgan fingerprint density at radius 1 is 1.21 bits per heavy atom. The molecule has 2 aromatic rings. The molecule has 0 aliphatic carbocycles. The Balaban J connectivity index is 1.63. The maximum absolute atomic E-state index is 12.8. The third-order valence-electron chi connectivity index (χ3n) is 5.84. The number of hydrogen-bond donors (Lipinski definition) is 2. The van der Waals surface area contributed by atoms with Gasteiger partial charge in [0.15, 0.2) is 5.11 Å². The predicted octanol–water partition coefficient (Wildman–Crippen LogP) is 1.89. The van der Waals surface area contributed by atoms with Gasteiger partial charge in [0.05, 0.1) is 32.4 Å². The molecule has 8 nitrogen and oxygen atoms in total. The van der Waals surface area contributed by atoms with E-state index in [9.17, 15) is 4.79 Å². The van der Waals surface area contributed by atoms with Crippen LogP contribution in [-0.4, -0.2) is 98.5 Å². The van der Waals surface area contributed by atoms with Crippen LogP contribution < -0.4 is 15.6 Å². The standard InChI is InChI=1S/C24H37N5O3S/c1-27(2)9-5-11-29(24(33)25-8-4-10-28-12-14-32-15-13-28)18-20-16-19-6-7-21(31-3)17-22(19)26-23(20)30/h6-7,16-17H,4-5,8-15,18H2,1-3H3,(H,25,33)(H,26,30). The number of H-pyrrole nitrogens is 1. The minimum absolute atomic E-state index is 0.0940. The van der Waals surface area contributed by atoms with E-state index in [1.54, 1.807) is 7.11 Å². The average Bonchev–Trinajstić information content (AvgIpc) is 2.81. The first-order valence-electron chi connectivity index (χ1n) is 11.6. The predicted molar refractivity (Wildman–Crippen MR) is 137 cm³/mol. The highest BCUT2D eigenvalue weighted by Crippen LogP contribution is 2.19. The van der Waals surface area contributed by atoms with Crippen LogP contribution in [0.3, 0.4) is 0 Å². The van der Waals surface area contributed by atoms with Gasteiger partial charge in [-0.05, 0) is 75.8 Å². The number of rotatable bonds is 11. The molecule has 1 aliphatic heterocycles. The summed E-state index contributed by atoms with van der Waals surface area (Å²) < 4.78 is 10.7. The molecule has 1 aliphatic rings. The van der Waals surface area contributed by atoms with Crippen molar-refractivity contribution >= 4 is 28.2 Å². The van der Waals surface area contributed by atoms with Crippen molar-refractivity contribution in [2.75, 3.05) is 73.7 Å². The monoisotopic (exact) mass is 475 g/mol. The lowest BCUT2D eigenvalue weighted by atomic mass is 10.1. The number of nitrogens with one attached hydrogen (secondary N) is 2. The zero-order chi connectivity index (χ0) is 23.6. The zero-order valence-electron chi connectivity index (χ0n) is 20.1. The van der Waals surface area contributed by atoms with Crippen molar-refractivity contribution in [1.29, 1.82) is 0 Å². The van der Waals surface area contributed by atoms with Crippen molar-refractivity contribution in [2.45, 2.75) is 19.4 Å². The molecule has 2 heterocycles. The number of ether oxygens (including phenoxy) is 2. The van der Waals surface area contributed by atoms with Gasteiger partial charge in [-0.2, -0.15) is 0 Å². The maximum Gasteiger partial charge on any atom is 0.253 e. The Morgan fingerprint density at radius 2 is 2.00 bits per heavy atom. The number of nitrogens with zero attached hydrogens (tertiary/aromatic N) is 3. The second-order valence-electron chi connectivity index (χ2n) is 8.69. The van der Waals surface area contributed by atoms with Crippen LogP contribution in [0.4, 0.5) is 0 Å². The lowest BCUT2D eigenvalue weighted by molar-refractivity contribution is 0.0376. The number of hydrogen-bond acceptors (Lipinski definition) is 6. The van der Waals surface area contributed by atoms with Gasteiger partial charge in [-0.3, -0.25) is 9.69 Å². The summed E-state index contributed by atoms with van der Waals surface area (Å²) in [6, 6.07) is 7.66.